The highest BCUT2D eigenvalue weighted by molar-refractivity contribution is 7.10. The average Bonchev–Trinajstić information content (AvgIpc) is 3.21. The summed E-state index contributed by atoms with van der Waals surface area (Å²) in [5, 5.41) is 18.2. The first-order valence-electron chi connectivity index (χ1n) is 10.5. The number of nitrogens with one attached hydrogen (secondary N) is 2. The second kappa shape index (κ2) is 10.8. The van der Waals surface area contributed by atoms with Crippen molar-refractivity contribution in [3.8, 4) is 0 Å². The lowest BCUT2D eigenvalue weighted by Gasteiger charge is -2.34. The zero-order valence-corrected chi connectivity index (χ0v) is 19.0. The summed E-state index contributed by atoms with van der Waals surface area (Å²) in [6.45, 7) is 10.1. The Bertz CT molecular complexity index is 732. The number of nitrogens with zero attached hydrogens (tertiary/aromatic N) is 2. The molecule has 1 atom stereocenters. The van der Waals surface area contributed by atoms with Crippen LogP contribution in [-0.4, -0.2) is 33.9 Å². The van der Waals surface area contributed by atoms with Crippen molar-refractivity contribution in [2.45, 2.75) is 64.7 Å². The summed E-state index contributed by atoms with van der Waals surface area (Å²) >= 11 is 1.70. The second-order valence-electron chi connectivity index (χ2n) is 8.32. The average molecular weight is 437 g/mol. The van der Waals surface area contributed by atoms with Crippen LogP contribution in [0.2, 0.25) is 0 Å². The van der Waals surface area contributed by atoms with Gasteiger partial charge >= 0.3 is 0 Å². The maximum Gasteiger partial charge on any atom is 0.248 e. The summed E-state index contributed by atoms with van der Waals surface area (Å²) in [7, 11) is 0. The Kier molecular flexibility index (Phi) is 8.77. The second-order valence-corrected chi connectivity index (χ2v) is 9.30. The summed E-state index contributed by atoms with van der Waals surface area (Å²) in [6, 6.07) is 4.14. The lowest BCUT2D eigenvalue weighted by molar-refractivity contribution is -0.0488. The van der Waals surface area contributed by atoms with Crippen LogP contribution in [0.4, 0.5) is 8.78 Å². The van der Waals surface area contributed by atoms with Gasteiger partial charge in [-0.2, -0.15) is 0 Å². The van der Waals surface area contributed by atoms with Crippen LogP contribution in [0, 0.1) is 22.7 Å². The van der Waals surface area contributed by atoms with E-state index in [9.17, 15) is 8.78 Å². The van der Waals surface area contributed by atoms with Crippen LogP contribution < -0.4 is 0 Å². The van der Waals surface area contributed by atoms with Crippen molar-refractivity contribution >= 4 is 23.0 Å². The summed E-state index contributed by atoms with van der Waals surface area (Å²) < 4.78 is 27.3. The maximum atomic E-state index is 13.6. The summed E-state index contributed by atoms with van der Waals surface area (Å²) in [5.41, 5.74) is 0. The lowest BCUT2D eigenvalue weighted by Crippen LogP contribution is -2.33. The van der Waals surface area contributed by atoms with Gasteiger partial charge in [0.25, 0.3) is 0 Å². The van der Waals surface area contributed by atoms with E-state index in [0.717, 1.165) is 6.42 Å². The molecule has 0 amide bonds. The van der Waals surface area contributed by atoms with E-state index in [2.05, 4.69) is 12.6 Å². The fourth-order valence-corrected chi connectivity index (χ4v) is 4.85. The first-order chi connectivity index (χ1) is 14.1. The van der Waals surface area contributed by atoms with Crippen LogP contribution in [0.3, 0.4) is 0 Å². The van der Waals surface area contributed by atoms with Gasteiger partial charge in [-0.15, -0.1) is 11.3 Å². The molecule has 0 radical (unpaired) electrons. The summed E-state index contributed by atoms with van der Waals surface area (Å²) in [6.07, 6.45) is 7.23. The molecule has 1 saturated carbocycles. The van der Waals surface area contributed by atoms with Gasteiger partial charge in [0.15, 0.2) is 0 Å². The van der Waals surface area contributed by atoms with Gasteiger partial charge in [-0.25, -0.2) is 8.78 Å². The molecule has 0 spiro atoms. The molecular weight excluding hydrogens is 402 g/mol. The molecule has 1 heterocycles. The molecular formula is C23H34F2N4S. The van der Waals surface area contributed by atoms with E-state index in [1.807, 2.05) is 36.4 Å². The van der Waals surface area contributed by atoms with Crippen molar-refractivity contribution in [2.75, 3.05) is 6.54 Å². The van der Waals surface area contributed by atoms with Crippen molar-refractivity contribution in [1.29, 1.82) is 10.8 Å². The van der Waals surface area contributed by atoms with Gasteiger partial charge in [0.2, 0.25) is 5.92 Å². The Morgan fingerprint density at radius 2 is 1.97 bits per heavy atom. The summed E-state index contributed by atoms with van der Waals surface area (Å²) in [5.74, 6) is -1.32. The zero-order chi connectivity index (χ0) is 22.3. The quantitative estimate of drug-likeness (QED) is 0.327. The lowest BCUT2D eigenvalue weighted by atomic mass is 9.76. The predicted molar refractivity (Wildman–Crippen MR) is 122 cm³/mol. The minimum atomic E-state index is -2.51. The molecule has 4 nitrogen and oxygen atoms in total. The first-order valence-corrected chi connectivity index (χ1v) is 11.4. The van der Waals surface area contributed by atoms with E-state index in [-0.39, 0.29) is 36.4 Å². The van der Waals surface area contributed by atoms with Crippen LogP contribution in [-0.2, 0) is 0 Å². The van der Waals surface area contributed by atoms with Crippen LogP contribution in [0.25, 0.3) is 0 Å². The number of thiophene rings is 1. The van der Waals surface area contributed by atoms with Crippen molar-refractivity contribution in [3.63, 3.8) is 0 Å². The van der Waals surface area contributed by atoms with Gasteiger partial charge in [0.05, 0.1) is 0 Å². The Morgan fingerprint density at radius 1 is 1.30 bits per heavy atom. The minimum Gasteiger partial charge on any atom is -0.353 e. The third-order valence-electron chi connectivity index (χ3n) is 5.75. The van der Waals surface area contributed by atoms with Crippen molar-refractivity contribution < 1.29 is 8.78 Å². The van der Waals surface area contributed by atoms with E-state index >= 15 is 0 Å². The highest BCUT2D eigenvalue weighted by Gasteiger charge is 2.38. The number of hydrogen-bond donors (Lipinski definition) is 2. The molecule has 0 aromatic carbocycles. The van der Waals surface area contributed by atoms with Crippen molar-refractivity contribution in [1.82, 2.24) is 9.80 Å². The summed E-state index contributed by atoms with van der Waals surface area (Å²) in [4.78, 5) is 4.76. The van der Waals surface area contributed by atoms with Gasteiger partial charge in [-0.3, -0.25) is 15.7 Å². The van der Waals surface area contributed by atoms with E-state index in [0.29, 0.717) is 25.2 Å². The number of rotatable bonds is 9. The Labute approximate surface area is 183 Å². The van der Waals surface area contributed by atoms with Gasteiger partial charge < -0.3 is 4.90 Å². The van der Waals surface area contributed by atoms with Crippen molar-refractivity contribution in [3.05, 3.63) is 47.6 Å². The topological polar surface area (TPSA) is 54.2 Å². The van der Waals surface area contributed by atoms with Crippen LogP contribution in [0.5, 0.6) is 0 Å². The van der Waals surface area contributed by atoms with Gasteiger partial charge in [0, 0.05) is 42.6 Å². The number of alkyl halides is 2. The largest absolute Gasteiger partial charge is 0.353 e. The molecule has 7 heteroatoms. The molecule has 2 N–H and O–H groups in total. The van der Waals surface area contributed by atoms with Crippen molar-refractivity contribution in [2.24, 2.45) is 11.8 Å². The predicted octanol–water partition coefficient (Wildman–Crippen LogP) is 6.90. The number of halogens is 2. The molecule has 1 unspecified atom stereocenters. The maximum absolute atomic E-state index is 13.6. The monoisotopic (exact) mass is 436 g/mol. The van der Waals surface area contributed by atoms with E-state index in [4.69, 9.17) is 10.8 Å². The standard InChI is InChI=1S/C23H34F2N4S/c1-5-28(14-15-29(18(4)26)22(27)17(2)3)13-10-20(21-7-6-16-30-21)19-8-11-23(24,25)12-9-19/h5-7,14-17,19-20,26-27H,1,8-13H2,2-4H3. The van der Waals surface area contributed by atoms with Gasteiger partial charge in [0.1, 0.15) is 11.7 Å². The zero-order valence-electron chi connectivity index (χ0n) is 18.2. The van der Waals surface area contributed by atoms with Crippen LogP contribution in [0.1, 0.15) is 63.7 Å². The van der Waals surface area contributed by atoms with E-state index < -0.39 is 5.92 Å². The van der Waals surface area contributed by atoms with Gasteiger partial charge in [-0.1, -0.05) is 26.5 Å². The molecule has 1 aromatic rings. The third kappa shape index (κ3) is 6.76. The van der Waals surface area contributed by atoms with Crippen LogP contribution >= 0.6 is 11.3 Å². The Morgan fingerprint density at radius 3 is 2.47 bits per heavy atom. The highest BCUT2D eigenvalue weighted by Crippen LogP contribution is 2.44. The fraction of sp³-hybridized carbons (Fsp3) is 0.565. The number of amidine groups is 2. The third-order valence-corrected chi connectivity index (χ3v) is 6.75. The van der Waals surface area contributed by atoms with E-state index in [1.165, 1.54) is 4.88 Å². The molecule has 30 heavy (non-hydrogen) atoms. The van der Waals surface area contributed by atoms with Gasteiger partial charge in [-0.05, 0) is 55.7 Å². The smallest absolute Gasteiger partial charge is 0.248 e. The molecule has 1 aliphatic rings. The molecule has 1 aromatic heterocycles. The highest BCUT2D eigenvalue weighted by atomic mass is 32.1. The fourth-order valence-electron chi connectivity index (χ4n) is 3.90. The molecule has 0 saturated heterocycles. The Balaban J connectivity index is 2.06. The van der Waals surface area contributed by atoms with Crippen LogP contribution in [0.15, 0.2) is 42.7 Å². The first kappa shape index (κ1) is 24.3. The SMILES string of the molecule is C=CN(C=CN(C(C)=N)C(=N)C(C)C)CCC(c1cccs1)C1CCC(F)(F)CC1. The minimum absolute atomic E-state index is 0.0137. The molecule has 0 bridgehead atoms. The van der Waals surface area contributed by atoms with E-state index in [1.54, 1.807) is 35.6 Å². The number of hydrogen-bond acceptors (Lipinski definition) is 4. The normalized spacial score (nSPS) is 17.8. The Hall–Kier alpha value is -2.02. The molecule has 1 aliphatic carbocycles. The molecule has 1 fully saturated rings. The molecule has 2 rings (SSSR count). The molecule has 166 valence electrons. The molecule has 0 aliphatic heterocycles.